The minimum Gasteiger partial charge on any atom is -0.404 e. The van der Waals surface area contributed by atoms with Crippen LogP contribution in [0, 0.1) is 29.0 Å². The van der Waals surface area contributed by atoms with E-state index in [0.29, 0.717) is 35.3 Å². The van der Waals surface area contributed by atoms with E-state index in [1.165, 1.54) is 12.1 Å². The first-order chi connectivity index (χ1) is 20.4. The quantitative estimate of drug-likeness (QED) is 0.277. The van der Waals surface area contributed by atoms with Crippen LogP contribution in [0.5, 0.6) is 0 Å². The van der Waals surface area contributed by atoms with Crippen LogP contribution < -0.4 is 10.6 Å². The summed E-state index contributed by atoms with van der Waals surface area (Å²) in [5.74, 6) is -0.000899. The van der Waals surface area contributed by atoms with E-state index in [1.807, 2.05) is 36.4 Å². The summed E-state index contributed by atoms with van der Waals surface area (Å²) < 4.78 is 27.5. The lowest BCUT2D eigenvalue weighted by Crippen LogP contribution is -2.65. The number of nitrogens with one attached hydrogen (secondary N) is 2. The average molecular weight is 585 g/mol. The highest BCUT2D eigenvalue weighted by molar-refractivity contribution is 6.47. The number of amides is 2. The molecule has 1 aliphatic heterocycles. The third-order valence-electron chi connectivity index (χ3n) is 10.3. The molecule has 1 saturated heterocycles. The first-order valence-electron chi connectivity index (χ1n) is 15.6. The van der Waals surface area contributed by atoms with E-state index < -0.39 is 19.0 Å². The van der Waals surface area contributed by atoms with Crippen molar-refractivity contribution in [1.82, 2.24) is 10.6 Å². The lowest BCUT2D eigenvalue weighted by molar-refractivity contribution is -0.199. The molecule has 3 aromatic rings. The topological polar surface area (TPSA) is 76.7 Å². The van der Waals surface area contributed by atoms with Gasteiger partial charge in [0, 0.05) is 5.56 Å². The molecule has 0 spiro atoms. The molecule has 43 heavy (non-hydrogen) atoms. The van der Waals surface area contributed by atoms with E-state index in [4.69, 9.17) is 9.31 Å². The van der Waals surface area contributed by atoms with Crippen molar-refractivity contribution in [2.75, 3.05) is 0 Å². The maximum absolute atomic E-state index is 14.3. The smallest absolute Gasteiger partial charge is 0.404 e. The van der Waals surface area contributed by atoms with Crippen LogP contribution in [-0.2, 0) is 14.1 Å². The van der Waals surface area contributed by atoms with E-state index >= 15 is 0 Å². The normalized spacial score (nSPS) is 26.9. The molecule has 226 valence electrons. The Balaban J connectivity index is 1.19. The molecule has 6 atom stereocenters. The van der Waals surface area contributed by atoms with Crippen molar-refractivity contribution >= 4 is 29.7 Å². The molecule has 2 amide bonds. The number of fused-ring (bicyclic) bond motifs is 1. The number of rotatable bonds is 9. The number of carbonyl (C=O) groups excluding carboxylic acids is 2. The third kappa shape index (κ3) is 5.72. The lowest BCUT2D eigenvalue weighted by atomic mass is 9.43. The standard InChI is InChI=1S/C35H42BFN2O4/c1-21(2)15-31(36-42-30-19-26-18-29(34(26,3)4)35(30,5)43-36)39-32(40)20-28(24-11-8-12-27(37)17-24)38-33(41)25-14-13-22-9-6-7-10-23(22)16-25/h6-14,16-17,21,26,28-31H,15,18-20H2,1-5H3,(H,38,41)(H,39,40)/t26-,28?,29-,30+,31-,35-/m0/s1. The van der Waals surface area contributed by atoms with Crippen molar-refractivity contribution in [2.24, 2.45) is 23.2 Å². The van der Waals surface area contributed by atoms with Gasteiger partial charge >= 0.3 is 7.12 Å². The molecule has 4 fully saturated rings. The minimum absolute atomic E-state index is 0.0159. The first-order valence-corrected chi connectivity index (χ1v) is 15.6. The van der Waals surface area contributed by atoms with E-state index in [9.17, 15) is 14.0 Å². The van der Waals surface area contributed by atoms with Crippen LogP contribution in [0.2, 0.25) is 0 Å². The van der Waals surface area contributed by atoms with Gasteiger partial charge in [-0.2, -0.15) is 0 Å². The van der Waals surface area contributed by atoms with Crippen LogP contribution in [0.1, 0.15) is 82.3 Å². The van der Waals surface area contributed by atoms with Gasteiger partial charge in [-0.25, -0.2) is 4.39 Å². The predicted octanol–water partition coefficient (Wildman–Crippen LogP) is 6.64. The van der Waals surface area contributed by atoms with E-state index in [1.54, 1.807) is 18.2 Å². The number of halogens is 1. The number of hydrogen-bond donors (Lipinski definition) is 2. The second-order valence-corrected chi connectivity index (χ2v) is 14.0. The number of carbonyl (C=O) groups is 2. The Morgan fingerprint density at radius 2 is 1.74 bits per heavy atom. The summed E-state index contributed by atoms with van der Waals surface area (Å²) in [5, 5.41) is 8.15. The van der Waals surface area contributed by atoms with Gasteiger partial charge in [0.1, 0.15) is 5.82 Å². The maximum atomic E-state index is 14.3. The van der Waals surface area contributed by atoms with Crippen LogP contribution in [0.3, 0.4) is 0 Å². The molecule has 1 unspecified atom stereocenters. The Labute approximate surface area is 254 Å². The summed E-state index contributed by atoms with van der Waals surface area (Å²) in [7, 11) is -0.545. The molecular formula is C35H42BFN2O4. The molecule has 1 heterocycles. The lowest BCUT2D eigenvalue weighted by Gasteiger charge is -2.64. The highest BCUT2D eigenvalue weighted by atomic mass is 19.1. The molecule has 6 nitrogen and oxygen atoms in total. The summed E-state index contributed by atoms with van der Waals surface area (Å²) in [6.45, 7) is 11.1. The van der Waals surface area contributed by atoms with Crippen LogP contribution >= 0.6 is 0 Å². The summed E-state index contributed by atoms with van der Waals surface area (Å²) in [6, 6.07) is 18.6. The third-order valence-corrected chi connectivity index (χ3v) is 10.3. The summed E-state index contributed by atoms with van der Waals surface area (Å²) in [6.07, 6.45) is 2.78. The number of hydrogen-bond acceptors (Lipinski definition) is 4. The van der Waals surface area contributed by atoms with Crippen molar-refractivity contribution in [2.45, 2.75) is 84.0 Å². The monoisotopic (exact) mass is 584 g/mol. The Morgan fingerprint density at radius 1 is 0.977 bits per heavy atom. The second-order valence-electron chi connectivity index (χ2n) is 14.0. The molecule has 4 aliphatic rings. The predicted molar refractivity (Wildman–Crippen MR) is 167 cm³/mol. The largest absolute Gasteiger partial charge is 0.481 e. The van der Waals surface area contributed by atoms with Gasteiger partial charge in [0.15, 0.2) is 0 Å². The Bertz CT molecular complexity index is 1530. The minimum atomic E-state index is -0.729. The molecule has 7 rings (SSSR count). The van der Waals surface area contributed by atoms with Gasteiger partial charge in [-0.1, -0.05) is 70.2 Å². The van der Waals surface area contributed by atoms with Gasteiger partial charge in [-0.3, -0.25) is 9.59 Å². The average Bonchev–Trinajstić information content (AvgIpc) is 3.33. The van der Waals surface area contributed by atoms with E-state index in [0.717, 1.165) is 23.6 Å². The van der Waals surface area contributed by atoms with Gasteiger partial charge in [-0.05, 0) is 90.0 Å². The highest BCUT2D eigenvalue weighted by Crippen LogP contribution is 2.65. The number of benzene rings is 3. The fraction of sp³-hybridized carbons (Fsp3) is 0.486. The van der Waals surface area contributed by atoms with Crippen LogP contribution in [0.15, 0.2) is 66.7 Å². The zero-order valence-electron chi connectivity index (χ0n) is 25.7. The molecular weight excluding hydrogens is 542 g/mol. The van der Waals surface area contributed by atoms with Crippen LogP contribution in [0.25, 0.3) is 10.8 Å². The SMILES string of the molecule is CC(C)C[C@H](NC(=O)CC(NC(=O)c1ccc2ccccc2c1)c1cccc(F)c1)B1O[C@@H]2C[C@@H]3C[C@@H](C3(C)C)[C@]2(C)O1. The first kappa shape index (κ1) is 29.8. The van der Waals surface area contributed by atoms with Crippen molar-refractivity contribution < 1.29 is 23.3 Å². The summed E-state index contributed by atoms with van der Waals surface area (Å²) >= 11 is 0. The molecule has 8 heteroatoms. The van der Waals surface area contributed by atoms with Gasteiger partial charge in [0.05, 0.1) is 30.1 Å². The molecule has 3 aromatic carbocycles. The van der Waals surface area contributed by atoms with Gasteiger partial charge in [-0.15, -0.1) is 0 Å². The Kier molecular flexibility index (Phi) is 7.88. The van der Waals surface area contributed by atoms with Crippen molar-refractivity contribution in [1.29, 1.82) is 0 Å². The van der Waals surface area contributed by atoms with E-state index in [2.05, 4.69) is 45.3 Å². The van der Waals surface area contributed by atoms with Gasteiger partial charge < -0.3 is 19.9 Å². The summed E-state index contributed by atoms with van der Waals surface area (Å²) in [5.41, 5.74) is 0.851. The van der Waals surface area contributed by atoms with Crippen LogP contribution in [0.4, 0.5) is 4.39 Å². The molecule has 3 aliphatic carbocycles. The van der Waals surface area contributed by atoms with Crippen molar-refractivity contribution in [3.63, 3.8) is 0 Å². The Morgan fingerprint density at radius 3 is 2.47 bits per heavy atom. The van der Waals surface area contributed by atoms with Crippen LogP contribution in [-0.4, -0.2) is 36.6 Å². The molecule has 0 aromatic heterocycles. The zero-order valence-corrected chi connectivity index (χ0v) is 25.7. The fourth-order valence-electron chi connectivity index (χ4n) is 7.82. The Hall–Kier alpha value is -3.23. The van der Waals surface area contributed by atoms with Crippen molar-refractivity contribution in [3.8, 4) is 0 Å². The van der Waals surface area contributed by atoms with E-state index in [-0.39, 0.29) is 41.3 Å². The second kappa shape index (κ2) is 11.4. The van der Waals surface area contributed by atoms with Gasteiger partial charge in [0.2, 0.25) is 5.91 Å². The molecule has 0 radical (unpaired) electrons. The van der Waals surface area contributed by atoms with Crippen molar-refractivity contribution in [3.05, 3.63) is 83.7 Å². The summed E-state index contributed by atoms with van der Waals surface area (Å²) in [4.78, 5) is 27.1. The van der Waals surface area contributed by atoms with Gasteiger partial charge in [0.25, 0.3) is 5.91 Å². The highest BCUT2D eigenvalue weighted by Gasteiger charge is 2.68. The maximum Gasteiger partial charge on any atom is 0.481 e. The zero-order chi connectivity index (χ0) is 30.5. The molecule has 2 bridgehead atoms. The molecule has 3 saturated carbocycles. The fourth-order valence-corrected chi connectivity index (χ4v) is 7.82. The molecule has 2 N–H and O–H groups in total.